The number of carbonyl (C=O) groups excluding carboxylic acids is 1. The molecule has 3 rings (SSSR count). The van der Waals surface area contributed by atoms with Gasteiger partial charge in [0.1, 0.15) is 5.71 Å². The molecule has 136 valence electrons. The molecule has 25 heavy (non-hydrogen) atoms. The largest absolute Gasteiger partial charge is 0.387 e. The Morgan fingerprint density at radius 1 is 1.36 bits per heavy atom. The summed E-state index contributed by atoms with van der Waals surface area (Å²) in [7, 11) is -3.21. The maximum absolute atomic E-state index is 12.7. The Kier molecular flexibility index (Phi) is 5.39. The van der Waals surface area contributed by atoms with Crippen molar-refractivity contribution >= 4 is 21.6 Å². The van der Waals surface area contributed by atoms with Crippen molar-refractivity contribution in [2.45, 2.75) is 25.4 Å². The van der Waals surface area contributed by atoms with E-state index in [-0.39, 0.29) is 17.9 Å². The van der Waals surface area contributed by atoms with Crippen LogP contribution in [0.5, 0.6) is 0 Å². The molecule has 1 aromatic carbocycles. The topological polar surface area (TPSA) is 88.1 Å². The summed E-state index contributed by atoms with van der Waals surface area (Å²) in [6.45, 7) is 1.57. The van der Waals surface area contributed by atoms with E-state index in [1.165, 1.54) is 0 Å². The highest BCUT2D eigenvalue weighted by Gasteiger charge is 2.32. The van der Waals surface area contributed by atoms with Gasteiger partial charge in [-0.05, 0) is 24.3 Å². The fourth-order valence-corrected chi connectivity index (χ4v) is 3.76. The predicted octanol–water partition coefficient (Wildman–Crippen LogP) is 1.29. The van der Waals surface area contributed by atoms with Crippen LogP contribution in [-0.4, -0.2) is 50.8 Å². The van der Waals surface area contributed by atoms with Crippen molar-refractivity contribution < 1.29 is 18.0 Å². The third-order valence-electron chi connectivity index (χ3n) is 4.53. The van der Waals surface area contributed by atoms with E-state index in [1.54, 1.807) is 4.90 Å². The van der Waals surface area contributed by atoms with Crippen LogP contribution in [0.4, 0.5) is 0 Å². The lowest BCUT2D eigenvalue weighted by molar-refractivity contribution is -0.125. The number of oxime groups is 1. The van der Waals surface area contributed by atoms with Gasteiger partial charge in [0.25, 0.3) is 5.91 Å². The molecular weight excluding hydrogens is 342 g/mol. The van der Waals surface area contributed by atoms with E-state index < -0.39 is 10.0 Å². The van der Waals surface area contributed by atoms with Crippen molar-refractivity contribution in [2.24, 2.45) is 11.1 Å². The molecule has 1 aromatic rings. The number of hydrogen-bond donors (Lipinski definition) is 1. The average Bonchev–Trinajstić information content (AvgIpc) is 3.10. The zero-order valence-corrected chi connectivity index (χ0v) is 15.0. The lowest BCUT2D eigenvalue weighted by Gasteiger charge is -2.32. The van der Waals surface area contributed by atoms with Gasteiger partial charge < -0.3 is 9.74 Å². The van der Waals surface area contributed by atoms with Gasteiger partial charge in [0, 0.05) is 26.1 Å². The Bertz CT molecular complexity index is 748. The summed E-state index contributed by atoms with van der Waals surface area (Å²) in [4.78, 5) is 19.9. The van der Waals surface area contributed by atoms with Crippen LogP contribution in [0.3, 0.4) is 0 Å². The number of hydrogen-bond acceptors (Lipinski definition) is 5. The minimum atomic E-state index is -3.21. The van der Waals surface area contributed by atoms with Crippen LogP contribution in [0.2, 0.25) is 0 Å². The number of likely N-dealkylation sites (tertiary alicyclic amines) is 1. The van der Waals surface area contributed by atoms with Gasteiger partial charge >= 0.3 is 0 Å². The molecule has 2 aliphatic heterocycles. The number of amides is 1. The quantitative estimate of drug-likeness (QED) is 0.852. The highest BCUT2D eigenvalue weighted by Crippen LogP contribution is 2.28. The minimum Gasteiger partial charge on any atom is -0.387 e. The molecule has 1 saturated heterocycles. The van der Waals surface area contributed by atoms with Gasteiger partial charge in [0.15, 0.2) is 6.10 Å². The van der Waals surface area contributed by atoms with E-state index in [9.17, 15) is 13.2 Å². The predicted molar refractivity (Wildman–Crippen MR) is 94.5 cm³/mol. The molecule has 2 atom stereocenters. The molecule has 0 saturated carbocycles. The molecule has 8 heteroatoms. The number of carbonyl (C=O) groups is 1. The highest BCUT2D eigenvalue weighted by molar-refractivity contribution is 7.88. The Morgan fingerprint density at radius 3 is 2.84 bits per heavy atom. The Hall–Kier alpha value is -1.93. The molecular formula is C17H23N3O4S. The first-order chi connectivity index (χ1) is 11.9. The maximum Gasteiger partial charge on any atom is 0.271 e. The monoisotopic (exact) mass is 365 g/mol. The molecule has 2 aliphatic rings. The maximum atomic E-state index is 12.7. The molecule has 2 heterocycles. The van der Waals surface area contributed by atoms with Crippen LogP contribution < -0.4 is 4.72 Å². The summed E-state index contributed by atoms with van der Waals surface area (Å²) in [5, 5.41) is 3.99. The van der Waals surface area contributed by atoms with Crippen molar-refractivity contribution in [1.29, 1.82) is 0 Å². The highest BCUT2D eigenvalue weighted by atomic mass is 32.2. The Morgan fingerprint density at radius 2 is 2.12 bits per heavy atom. The molecule has 1 N–H and O–H groups in total. The van der Waals surface area contributed by atoms with Crippen molar-refractivity contribution in [3.05, 3.63) is 35.9 Å². The van der Waals surface area contributed by atoms with E-state index in [0.29, 0.717) is 31.8 Å². The van der Waals surface area contributed by atoms with Crippen molar-refractivity contribution in [3.8, 4) is 0 Å². The molecule has 0 aliphatic carbocycles. The average molecular weight is 365 g/mol. The third-order valence-corrected chi connectivity index (χ3v) is 5.22. The second-order valence-electron chi connectivity index (χ2n) is 6.63. The fraction of sp³-hybridized carbons (Fsp3) is 0.529. The zero-order valence-electron chi connectivity index (χ0n) is 14.2. The summed E-state index contributed by atoms with van der Waals surface area (Å²) in [6, 6.07) is 9.72. The van der Waals surface area contributed by atoms with Gasteiger partial charge in [0.2, 0.25) is 10.0 Å². The van der Waals surface area contributed by atoms with Crippen molar-refractivity contribution in [2.75, 3.05) is 25.9 Å². The summed E-state index contributed by atoms with van der Waals surface area (Å²) in [5.41, 5.74) is 1.44. The van der Waals surface area contributed by atoms with Crippen LogP contribution in [0.15, 0.2) is 35.5 Å². The Balaban J connectivity index is 1.56. The van der Waals surface area contributed by atoms with Crippen LogP contribution >= 0.6 is 0 Å². The summed E-state index contributed by atoms with van der Waals surface area (Å²) >= 11 is 0. The van der Waals surface area contributed by atoms with Gasteiger partial charge in [-0.2, -0.15) is 0 Å². The van der Waals surface area contributed by atoms with Gasteiger partial charge in [-0.25, -0.2) is 13.1 Å². The smallest absolute Gasteiger partial charge is 0.271 e. The first-order valence-electron chi connectivity index (χ1n) is 8.44. The van der Waals surface area contributed by atoms with Gasteiger partial charge in [-0.15, -0.1) is 0 Å². The van der Waals surface area contributed by atoms with E-state index in [2.05, 4.69) is 9.88 Å². The molecule has 0 radical (unpaired) electrons. The SMILES string of the molecule is CS(=O)(=O)NCC1CCCN(C(=O)C2=NOC(c3ccccc3)C2)C1. The van der Waals surface area contributed by atoms with Crippen LogP contribution in [0.1, 0.15) is 30.9 Å². The number of nitrogens with one attached hydrogen (secondary N) is 1. The van der Waals surface area contributed by atoms with Crippen LogP contribution in [0.25, 0.3) is 0 Å². The molecule has 1 fully saturated rings. The molecule has 0 aromatic heterocycles. The molecule has 1 amide bonds. The summed E-state index contributed by atoms with van der Waals surface area (Å²) in [6.07, 6.45) is 3.16. The van der Waals surface area contributed by atoms with Crippen LogP contribution in [-0.2, 0) is 19.7 Å². The number of sulfonamides is 1. The number of benzene rings is 1. The van der Waals surface area contributed by atoms with E-state index in [4.69, 9.17) is 4.84 Å². The lowest BCUT2D eigenvalue weighted by atomic mass is 9.97. The second kappa shape index (κ2) is 7.53. The van der Waals surface area contributed by atoms with Gasteiger partial charge in [-0.1, -0.05) is 35.5 Å². The molecule has 0 bridgehead atoms. The first kappa shape index (κ1) is 17.9. The van der Waals surface area contributed by atoms with Crippen molar-refractivity contribution in [3.63, 3.8) is 0 Å². The standard InChI is InChI=1S/C17H23N3O4S/c1-25(22,23)18-11-13-6-5-9-20(12-13)17(21)15-10-16(24-19-15)14-7-3-2-4-8-14/h2-4,7-8,13,16,18H,5-6,9-12H2,1H3. The zero-order chi connectivity index (χ0) is 17.9. The van der Waals surface area contributed by atoms with Gasteiger partial charge in [0.05, 0.1) is 6.26 Å². The lowest BCUT2D eigenvalue weighted by Crippen LogP contribution is -2.45. The molecule has 2 unspecified atom stereocenters. The summed E-state index contributed by atoms with van der Waals surface area (Å²) in [5.74, 6) is 0.0164. The molecule has 7 nitrogen and oxygen atoms in total. The second-order valence-corrected chi connectivity index (χ2v) is 8.46. The first-order valence-corrected chi connectivity index (χ1v) is 10.3. The minimum absolute atomic E-state index is 0.109. The van der Waals surface area contributed by atoms with Gasteiger partial charge in [-0.3, -0.25) is 4.79 Å². The van der Waals surface area contributed by atoms with E-state index in [1.807, 2.05) is 30.3 Å². The summed E-state index contributed by atoms with van der Waals surface area (Å²) < 4.78 is 25.0. The van der Waals surface area contributed by atoms with Crippen molar-refractivity contribution in [1.82, 2.24) is 9.62 Å². The normalized spacial score (nSPS) is 23.9. The fourth-order valence-electron chi connectivity index (χ4n) is 3.22. The Labute approximate surface area is 148 Å². The number of nitrogens with zero attached hydrogens (tertiary/aromatic N) is 2. The third kappa shape index (κ3) is 4.79. The van der Waals surface area contributed by atoms with E-state index >= 15 is 0 Å². The molecule has 0 spiro atoms. The van der Waals surface area contributed by atoms with Crippen LogP contribution in [0, 0.1) is 5.92 Å². The number of rotatable bonds is 5. The van der Waals surface area contributed by atoms with E-state index in [0.717, 1.165) is 24.7 Å². The number of piperidine rings is 1.